The summed E-state index contributed by atoms with van der Waals surface area (Å²) >= 11 is 0. The molecule has 0 fully saturated rings. The summed E-state index contributed by atoms with van der Waals surface area (Å²) in [6.07, 6.45) is 1.12. The summed E-state index contributed by atoms with van der Waals surface area (Å²) in [6, 6.07) is 17.1. The fraction of sp³-hybridized carbons (Fsp3) is 0.0588. The van der Waals surface area contributed by atoms with E-state index in [-0.39, 0.29) is 23.6 Å². The minimum absolute atomic E-state index is 0.162. The highest BCUT2D eigenvalue weighted by atomic mass is 16.6. The van der Waals surface area contributed by atoms with E-state index in [1.165, 1.54) is 12.1 Å². The number of nitrogens with one attached hydrogen (secondary N) is 1. The van der Waals surface area contributed by atoms with Gasteiger partial charge in [0.1, 0.15) is 35.8 Å². The molecule has 2 aromatic rings. The lowest BCUT2D eigenvalue weighted by Crippen LogP contribution is -1.99. The highest BCUT2D eigenvalue weighted by Gasteiger charge is 2.15. The Bertz CT molecular complexity index is 832. The van der Waals surface area contributed by atoms with Gasteiger partial charge in [0.2, 0.25) is 0 Å². The van der Waals surface area contributed by atoms with Gasteiger partial charge in [-0.25, -0.2) is 0 Å². The molecule has 7 heteroatoms. The Labute approximate surface area is 138 Å². The van der Waals surface area contributed by atoms with Crippen molar-refractivity contribution in [3.05, 3.63) is 76.0 Å². The van der Waals surface area contributed by atoms with Crippen LogP contribution in [0.15, 0.2) is 60.3 Å². The first kappa shape index (κ1) is 16.5. The largest absolute Gasteiger partial charge is 0.489 e. The number of rotatable bonds is 6. The summed E-state index contributed by atoms with van der Waals surface area (Å²) in [7, 11) is 0. The van der Waals surface area contributed by atoms with Gasteiger partial charge in [-0.3, -0.25) is 10.1 Å². The van der Waals surface area contributed by atoms with Crippen LogP contribution >= 0.6 is 0 Å². The zero-order valence-corrected chi connectivity index (χ0v) is 12.5. The molecule has 0 aromatic heterocycles. The normalized spacial score (nSPS) is 9.25. The number of nitrogens with zero attached hydrogens (tertiary/aromatic N) is 3. The fourth-order valence-electron chi connectivity index (χ4n) is 1.85. The van der Waals surface area contributed by atoms with Crippen molar-refractivity contribution in [1.82, 2.24) is 0 Å². The maximum atomic E-state index is 11.2. The monoisotopic (exact) mass is 320 g/mol. The number of ether oxygens (including phenoxy) is 1. The molecule has 24 heavy (non-hydrogen) atoms. The quantitative estimate of drug-likeness (QED) is 0.495. The van der Waals surface area contributed by atoms with Gasteiger partial charge >= 0.3 is 0 Å². The van der Waals surface area contributed by atoms with Crippen LogP contribution in [0.3, 0.4) is 0 Å². The van der Waals surface area contributed by atoms with E-state index in [1.807, 2.05) is 30.3 Å². The van der Waals surface area contributed by atoms with Crippen molar-refractivity contribution in [3.8, 4) is 17.9 Å². The Morgan fingerprint density at radius 2 is 1.92 bits per heavy atom. The van der Waals surface area contributed by atoms with Crippen molar-refractivity contribution in [3.63, 3.8) is 0 Å². The Hall–Kier alpha value is -3.84. The zero-order valence-electron chi connectivity index (χ0n) is 12.5. The second-order valence-electron chi connectivity index (χ2n) is 4.64. The van der Waals surface area contributed by atoms with E-state index in [2.05, 4.69) is 5.32 Å². The van der Waals surface area contributed by atoms with Crippen LogP contribution in [0.5, 0.6) is 5.75 Å². The summed E-state index contributed by atoms with van der Waals surface area (Å²) < 4.78 is 5.55. The molecule has 0 aliphatic rings. The first-order chi connectivity index (χ1) is 11.6. The van der Waals surface area contributed by atoms with E-state index in [9.17, 15) is 10.1 Å². The van der Waals surface area contributed by atoms with Crippen LogP contribution in [0.4, 0.5) is 11.4 Å². The number of anilines is 1. The van der Waals surface area contributed by atoms with Crippen LogP contribution in [-0.4, -0.2) is 4.92 Å². The summed E-state index contributed by atoms with van der Waals surface area (Å²) in [5, 5.41) is 31.1. The number of allylic oxidation sites excluding steroid dienone is 1. The first-order valence-electron chi connectivity index (χ1n) is 6.86. The van der Waals surface area contributed by atoms with Crippen LogP contribution in [0, 0.1) is 32.8 Å². The zero-order chi connectivity index (χ0) is 17.4. The predicted molar refractivity (Wildman–Crippen MR) is 86.8 cm³/mol. The second-order valence-corrected chi connectivity index (χ2v) is 4.64. The van der Waals surface area contributed by atoms with Gasteiger partial charge in [-0.2, -0.15) is 10.5 Å². The van der Waals surface area contributed by atoms with Crippen LogP contribution in [0.1, 0.15) is 5.56 Å². The average molecular weight is 320 g/mol. The molecule has 2 aromatic carbocycles. The van der Waals surface area contributed by atoms with Crippen molar-refractivity contribution >= 4 is 11.4 Å². The van der Waals surface area contributed by atoms with Gasteiger partial charge in [0, 0.05) is 6.20 Å². The molecule has 0 saturated heterocycles. The average Bonchev–Trinajstić information content (AvgIpc) is 2.62. The number of benzene rings is 2. The first-order valence-corrected chi connectivity index (χ1v) is 6.86. The van der Waals surface area contributed by atoms with Gasteiger partial charge < -0.3 is 10.1 Å². The number of nitriles is 2. The van der Waals surface area contributed by atoms with Gasteiger partial charge in [0.15, 0.2) is 0 Å². The molecule has 0 aliphatic heterocycles. The van der Waals surface area contributed by atoms with Gasteiger partial charge in [-0.05, 0) is 17.7 Å². The molecule has 7 nitrogen and oxygen atoms in total. The Balaban J connectivity index is 2.17. The lowest BCUT2D eigenvalue weighted by Gasteiger charge is -2.08. The molecule has 0 unspecified atom stereocenters. The number of nitro benzene ring substituents is 1. The summed E-state index contributed by atoms with van der Waals surface area (Å²) in [5.41, 5.74) is 0.703. The number of nitro groups is 1. The minimum Gasteiger partial charge on any atom is -0.489 e. The molecule has 0 amide bonds. The molecular formula is C17H12N4O3. The Kier molecular flexibility index (Phi) is 5.49. The van der Waals surface area contributed by atoms with Crippen LogP contribution < -0.4 is 10.1 Å². The van der Waals surface area contributed by atoms with E-state index in [4.69, 9.17) is 15.3 Å². The Morgan fingerprint density at radius 3 is 2.54 bits per heavy atom. The van der Waals surface area contributed by atoms with Gasteiger partial charge in [-0.1, -0.05) is 30.3 Å². The van der Waals surface area contributed by atoms with Gasteiger partial charge in [0.25, 0.3) is 5.69 Å². The summed E-state index contributed by atoms with van der Waals surface area (Å²) in [6.45, 7) is 0.289. The maximum Gasteiger partial charge on any atom is 0.296 e. The van der Waals surface area contributed by atoms with Crippen molar-refractivity contribution in [1.29, 1.82) is 10.5 Å². The summed E-state index contributed by atoms with van der Waals surface area (Å²) in [5.74, 6) is 0.348. The molecule has 0 aliphatic carbocycles. The molecule has 0 bridgehead atoms. The fourth-order valence-corrected chi connectivity index (χ4v) is 1.85. The molecule has 118 valence electrons. The predicted octanol–water partition coefficient (Wildman–Crippen LogP) is 3.52. The third kappa shape index (κ3) is 4.33. The van der Waals surface area contributed by atoms with E-state index in [0.29, 0.717) is 5.75 Å². The second kappa shape index (κ2) is 7.97. The van der Waals surface area contributed by atoms with Crippen molar-refractivity contribution in [2.45, 2.75) is 6.61 Å². The molecule has 0 heterocycles. The van der Waals surface area contributed by atoms with Crippen molar-refractivity contribution in [2.75, 3.05) is 5.32 Å². The lowest BCUT2D eigenvalue weighted by atomic mass is 10.2. The van der Waals surface area contributed by atoms with E-state index in [1.54, 1.807) is 18.2 Å². The minimum atomic E-state index is -0.566. The van der Waals surface area contributed by atoms with Crippen molar-refractivity contribution < 1.29 is 9.66 Å². The number of hydrogen-bond donors (Lipinski definition) is 1. The van der Waals surface area contributed by atoms with E-state index < -0.39 is 4.92 Å². The highest BCUT2D eigenvalue weighted by Crippen LogP contribution is 2.29. The van der Waals surface area contributed by atoms with Gasteiger partial charge in [0.05, 0.1) is 11.0 Å². The molecule has 2 rings (SSSR count). The Morgan fingerprint density at radius 1 is 1.21 bits per heavy atom. The van der Waals surface area contributed by atoms with Crippen LogP contribution in [0.2, 0.25) is 0 Å². The number of hydrogen-bond acceptors (Lipinski definition) is 6. The molecule has 0 spiro atoms. The molecule has 0 saturated carbocycles. The van der Waals surface area contributed by atoms with E-state index in [0.717, 1.165) is 11.8 Å². The molecule has 0 atom stereocenters. The molecule has 0 radical (unpaired) electrons. The molecular weight excluding hydrogens is 308 g/mol. The standard InChI is InChI=1S/C17H12N4O3/c18-9-14(10-19)11-20-16-7-6-15(8-17(16)21(22)23)24-12-13-4-2-1-3-5-13/h1-8,11,20H,12H2. The SMILES string of the molecule is N#CC(C#N)=CNc1ccc(OCc2ccccc2)cc1[N+](=O)[O-]. The summed E-state index contributed by atoms with van der Waals surface area (Å²) in [4.78, 5) is 10.6. The lowest BCUT2D eigenvalue weighted by molar-refractivity contribution is -0.384. The smallest absolute Gasteiger partial charge is 0.296 e. The van der Waals surface area contributed by atoms with Crippen LogP contribution in [0.25, 0.3) is 0 Å². The van der Waals surface area contributed by atoms with E-state index >= 15 is 0 Å². The topological polar surface area (TPSA) is 112 Å². The third-order valence-electron chi connectivity index (χ3n) is 3.03. The maximum absolute atomic E-state index is 11.2. The molecule has 1 N–H and O–H groups in total. The van der Waals surface area contributed by atoms with Crippen molar-refractivity contribution in [2.24, 2.45) is 0 Å². The van der Waals surface area contributed by atoms with Crippen LogP contribution in [-0.2, 0) is 6.61 Å². The highest BCUT2D eigenvalue weighted by molar-refractivity contribution is 5.65. The third-order valence-corrected chi connectivity index (χ3v) is 3.03. The van der Waals surface area contributed by atoms with Gasteiger partial charge in [-0.15, -0.1) is 0 Å².